The standard InChI is InChI=1S/C28H34Cl2N4O4/c1-17(15-33(3)4)37-21-13-9-7-11-19(21)31-25-23(29)28(36)26(24(30)27(25)35)32-20-12-8-10-14-22(20)38-18(2)16-34(5)6/h7-14,17-18,31-32H,15-16H2,1-6H3/t17-,18-/m0/s1. The fourth-order valence-corrected chi connectivity index (χ4v) is 4.48. The van der Waals surface area contributed by atoms with Crippen LogP contribution < -0.4 is 20.1 Å². The molecular formula is C28H34Cl2N4O4. The number of rotatable bonds is 12. The highest BCUT2D eigenvalue weighted by molar-refractivity contribution is 6.56. The summed E-state index contributed by atoms with van der Waals surface area (Å²) in [6, 6.07) is 14.2. The Labute approximate surface area is 234 Å². The van der Waals surface area contributed by atoms with Gasteiger partial charge < -0.3 is 29.9 Å². The molecular weight excluding hydrogens is 527 g/mol. The lowest BCUT2D eigenvalue weighted by Gasteiger charge is -2.24. The van der Waals surface area contributed by atoms with Gasteiger partial charge >= 0.3 is 0 Å². The number of likely N-dealkylation sites (N-methyl/N-ethyl adjacent to an activating group) is 2. The second kappa shape index (κ2) is 13.2. The van der Waals surface area contributed by atoms with E-state index in [-0.39, 0.29) is 33.7 Å². The normalized spacial score (nSPS) is 15.7. The SMILES string of the molecule is C[C@@H](CN(C)C)Oc1ccccc1NC1=C(Cl)C(=O)C(Nc2ccccc2O[C@@H](C)CN(C)C)=C(Cl)C1=O. The third-order valence-electron chi connectivity index (χ3n) is 5.49. The van der Waals surface area contributed by atoms with Crippen molar-refractivity contribution in [1.82, 2.24) is 9.80 Å². The fourth-order valence-electron chi connectivity index (χ4n) is 4.02. The second-order valence-corrected chi connectivity index (χ2v) is 10.4. The van der Waals surface area contributed by atoms with Gasteiger partial charge in [0.05, 0.1) is 11.4 Å². The van der Waals surface area contributed by atoms with Crippen LogP contribution in [-0.4, -0.2) is 74.9 Å². The van der Waals surface area contributed by atoms with E-state index in [2.05, 4.69) is 10.6 Å². The van der Waals surface area contributed by atoms with Gasteiger partial charge in [0.1, 0.15) is 45.2 Å². The number of benzene rings is 2. The van der Waals surface area contributed by atoms with E-state index in [9.17, 15) is 9.59 Å². The van der Waals surface area contributed by atoms with Gasteiger partial charge in [0.2, 0.25) is 11.6 Å². The minimum absolute atomic E-state index is 0.118. The van der Waals surface area contributed by atoms with Crippen LogP contribution >= 0.6 is 23.2 Å². The molecule has 0 bridgehead atoms. The predicted molar refractivity (Wildman–Crippen MR) is 153 cm³/mol. The molecule has 2 N–H and O–H groups in total. The molecule has 0 radical (unpaired) electrons. The van der Waals surface area contributed by atoms with Crippen molar-refractivity contribution < 1.29 is 19.1 Å². The Bertz CT molecular complexity index is 1150. The van der Waals surface area contributed by atoms with Gasteiger partial charge in [-0.1, -0.05) is 47.5 Å². The Morgan fingerprint density at radius 2 is 1.03 bits per heavy atom. The maximum atomic E-state index is 13.3. The summed E-state index contributed by atoms with van der Waals surface area (Å²) >= 11 is 12.9. The van der Waals surface area contributed by atoms with Crippen molar-refractivity contribution in [2.45, 2.75) is 26.1 Å². The molecule has 0 heterocycles. The number of carbonyl (C=O) groups excluding carboxylic acids is 2. The third-order valence-corrected chi connectivity index (χ3v) is 6.21. The van der Waals surface area contributed by atoms with Crippen LogP contribution in [-0.2, 0) is 9.59 Å². The van der Waals surface area contributed by atoms with E-state index in [4.69, 9.17) is 32.7 Å². The molecule has 8 nitrogen and oxygen atoms in total. The number of allylic oxidation sites excluding steroid dienone is 2. The van der Waals surface area contributed by atoms with Crippen LogP contribution in [0, 0.1) is 0 Å². The lowest BCUT2D eigenvalue weighted by atomic mass is 10.0. The van der Waals surface area contributed by atoms with Crippen molar-refractivity contribution in [2.24, 2.45) is 0 Å². The average Bonchev–Trinajstić information content (AvgIpc) is 2.84. The lowest BCUT2D eigenvalue weighted by molar-refractivity contribution is -0.115. The van der Waals surface area contributed by atoms with E-state index in [0.29, 0.717) is 36.0 Å². The summed E-state index contributed by atoms with van der Waals surface area (Å²) in [7, 11) is 7.82. The third kappa shape index (κ3) is 7.51. The van der Waals surface area contributed by atoms with Crippen LogP contribution in [0.25, 0.3) is 0 Å². The maximum Gasteiger partial charge on any atom is 0.224 e. The smallest absolute Gasteiger partial charge is 0.224 e. The minimum atomic E-state index is -0.616. The summed E-state index contributed by atoms with van der Waals surface area (Å²) in [5.74, 6) is -0.203. The van der Waals surface area contributed by atoms with Crippen LogP contribution in [0.2, 0.25) is 0 Å². The van der Waals surface area contributed by atoms with Gasteiger partial charge in [-0.3, -0.25) is 9.59 Å². The van der Waals surface area contributed by atoms with Crippen molar-refractivity contribution in [3.8, 4) is 11.5 Å². The number of hydrogen-bond acceptors (Lipinski definition) is 8. The Balaban J connectivity index is 1.84. The summed E-state index contributed by atoms with van der Waals surface area (Å²) in [6.45, 7) is 5.27. The van der Waals surface area contributed by atoms with E-state index < -0.39 is 11.6 Å². The van der Waals surface area contributed by atoms with Crippen LogP contribution in [0.3, 0.4) is 0 Å². The molecule has 2 atom stereocenters. The van der Waals surface area contributed by atoms with Crippen molar-refractivity contribution in [2.75, 3.05) is 51.9 Å². The molecule has 0 aliphatic heterocycles. The zero-order chi connectivity index (χ0) is 28.0. The Morgan fingerprint density at radius 1 is 0.684 bits per heavy atom. The first-order valence-corrected chi connectivity index (χ1v) is 13.0. The molecule has 0 aromatic heterocycles. The predicted octanol–water partition coefficient (Wildman–Crippen LogP) is 4.92. The molecule has 1 aliphatic rings. The molecule has 0 saturated carbocycles. The molecule has 0 fully saturated rings. The first kappa shape index (κ1) is 29.5. The molecule has 0 saturated heterocycles. The van der Waals surface area contributed by atoms with Gasteiger partial charge in [-0.05, 0) is 66.3 Å². The van der Waals surface area contributed by atoms with Gasteiger partial charge in [0.15, 0.2) is 0 Å². The van der Waals surface area contributed by atoms with Gasteiger partial charge in [-0.15, -0.1) is 0 Å². The molecule has 1 aliphatic carbocycles. The second-order valence-electron chi connectivity index (χ2n) is 9.66. The number of ether oxygens (including phenoxy) is 2. The highest BCUT2D eigenvalue weighted by atomic mass is 35.5. The number of hydrogen-bond donors (Lipinski definition) is 2. The average molecular weight is 562 g/mol. The molecule has 2 aromatic carbocycles. The largest absolute Gasteiger partial charge is 0.487 e. The zero-order valence-corrected chi connectivity index (χ0v) is 24.0. The van der Waals surface area contributed by atoms with Gasteiger partial charge in [0, 0.05) is 13.1 Å². The van der Waals surface area contributed by atoms with E-state index in [0.717, 1.165) is 0 Å². The Hall–Kier alpha value is -3.04. The summed E-state index contributed by atoms with van der Waals surface area (Å²) in [4.78, 5) is 30.6. The topological polar surface area (TPSA) is 83.1 Å². The summed E-state index contributed by atoms with van der Waals surface area (Å²) < 4.78 is 12.1. The van der Waals surface area contributed by atoms with Gasteiger partial charge in [-0.25, -0.2) is 0 Å². The molecule has 204 valence electrons. The molecule has 0 spiro atoms. The lowest BCUT2D eigenvalue weighted by Crippen LogP contribution is -2.29. The highest BCUT2D eigenvalue weighted by Crippen LogP contribution is 2.35. The van der Waals surface area contributed by atoms with E-state index >= 15 is 0 Å². The summed E-state index contributed by atoms with van der Waals surface area (Å²) in [5.41, 5.74) is 0.740. The number of nitrogens with one attached hydrogen (secondary N) is 2. The molecule has 10 heteroatoms. The number of para-hydroxylation sites is 4. The van der Waals surface area contributed by atoms with Crippen molar-refractivity contribution in [3.05, 3.63) is 70.0 Å². The van der Waals surface area contributed by atoms with Crippen LogP contribution in [0.1, 0.15) is 13.8 Å². The van der Waals surface area contributed by atoms with Crippen LogP contribution in [0.5, 0.6) is 11.5 Å². The molecule has 2 aromatic rings. The first-order chi connectivity index (χ1) is 18.0. The fraction of sp³-hybridized carbons (Fsp3) is 0.357. The minimum Gasteiger partial charge on any atom is -0.487 e. The molecule has 0 amide bonds. The number of Topliss-reactive ketones (excluding diaryl/α,β-unsaturated/α-hetero) is 2. The molecule has 38 heavy (non-hydrogen) atoms. The van der Waals surface area contributed by atoms with Crippen LogP contribution in [0.4, 0.5) is 11.4 Å². The summed E-state index contributed by atoms with van der Waals surface area (Å²) in [6.07, 6.45) is -0.244. The maximum absolute atomic E-state index is 13.3. The number of halogens is 2. The van der Waals surface area contributed by atoms with Gasteiger partial charge in [0.25, 0.3) is 0 Å². The molecule has 3 rings (SSSR count). The van der Waals surface area contributed by atoms with Crippen molar-refractivity contribution in [3.63, 3.8) is 0 Å². The van der Waals surface area contributed by atoms with E-state index in [1.807, 2.05) is 64.0 Å². The zero-order valence-electron chi connectivity index (χ0n) is 22.5. The number of anilines is 2. The quantitative estimate of drug-likeness (QED) is 0.354. The summed E-state index contributed by atoms with van der Waals surface area (Å²) in [5, 5.41) is 5.38. The monoisotopic (exact) mass is 560 g/mol. The van der Waals surface area contributed by atoms with E-state index in [1.54, 1.807) is 36.4 Å². The Morgan fingerprint density at radius 3 is 1.37 bits per heavy atom. The van der Waals surface area contributed by atoms with Crippen LogP contribution in [0.15, 0.2) is 70.0 Å². The van der Waals surface area contributed by atoms with Gasteiger partial charge in [-0.2, -0.15) is 0 Å². The number of carbonyl (C=O) groups is 2. The van der Waals surface area contributed by atoms with Crippen molar-refractivity contribution >= 4 is 46.1 Å². The Kier molecular flexibility index (Phi) is 10.2. The molecule has 0 unspecified atom stereocenters. The number of nitrogens with zero attached hydrogens (tertiary/aromatic N) is 2. The number of ketones is 2. The van der Waals surface area contributed by atoms with E-state index in [1.165, 1.54) is 0 Å². The highest BCUT2D eigenvalue weighted by Gasteiger charge is 2.34. The van der Waals surface area contributed by atoms with Crippen molar-refractivity contribution in [1.29, 1.82) is 0 Å². The first-order valence-electron chi connectivity index (χ1n) is 12.2.